The second-order valence-electron chi connectivity index (χ2n) is 3.04. The summed E-state index contributed by atoms with van der Waals surface area (Å²) in [5, 5.41) is 9.42. The number of aliphatic carboxylic acids is 1. The van der Waals surface area contributed by atoms with E-state index in [0.717, 1.165) is 15.6 Å². The molecule has 15 heavy (non-hydrogen) atoms. The van der Waals surface area contributed by atoms with Gasteiger partial charge in [0.2, 0.25) is 0 Å². The van der Waals surface area contributed by atoms with Crippen LogP contribution in [0.25, 0.3) is 10.8 Å². The molecule has 0 bridgehead atoms. The smallest absolute Gasteiger partial charge is 0.308 e. The van der Waals surface area contributed by atoms with Gasteiger partial charge in [-0.1, -0.05) is 0 Å². The van der Waals surface area contributed by atoms with Crippen molar-refractivity contribution < 1.29 is 9.90 Å². The van der Waals surface area contributed by atoms with Gasteiger partial charge in [0.25, 0.3) is 0 Å². The Labute approximate surface area is 89.8 Å². The minimum atomic E-state index is -0.840. The average Bonchev–Trinajstić information content (AvgIpc) is 2.75. The van der Waals surface area contributed by atoms with E-state index in [-0.39, 0.29) is 6.42 Å². The highest BCUT2D eigenvalue weighted by Crippen LogP contribution is 2.25. The van der Waals surface area contributed by atoms with Gasteiger partial charge < -0.3 is 10.1 Å². The summed E-state index contributed by atoms with van der Waals surface area (Å²) in [7, 11) is 0. The lowest BCUT2D eigenvalue weighted by atomic mass is 10.3. The third kappa shape index (κ3) is 2.04. The molecule has 2 heterocycles. The number of hydrogen-bond acceptors (Lipinski definition) is 4. The molecule has 0 aliphatic carbocycles. The van der Waals surface area contributed by atoms with Crippen LogP contribution in [0, 0.1) is 6.92 Å². The van der Waals surface area contributed by atoms with Gasteiger partial charge in [0.1, 0.15) is 0 Å². The van der Waals surface area contributed by atoms with E-state index in [1.807, 2.05) is 0 Å². The summed E-state index contributed by atoms with van der Waals surface area (Å²) >= 11 is 1.36. The van der Waals surface area contributed by atoms with Crippen LogP contribution in [0.3, 0.4) is 0 Å². The molecule has 6 heteroatoms. The highest BCUT2D eigenvalue weighted by atomic mass is 32.1. The number of carbonyl (C=O) groups is 1. The molecule has 0 saturated heterocycles. The third-order valence-electron chi connectivity index (χ3n) is 1.91. The number of aromatic nitrogens is 3. The van der Waals surface area contributed by atoms with E-state index in [0.29, 0.717) is 5.82 Å². The maximum atomic E-state index is 10.6. The highest BCUT2D eigenvalue weighted by Gasteiger charge is 2.13. The summed E-state index contributed by atoms with van der Waals surface area (Å²) in [4.78, 5) is 22.6. The molecule has 0 radical (unpaired) electrons. The molecule has 0 saturated carbocycles. The van der Waals surface area contributed by atoms with Gasteiger partial charge in [-0.3, -0.25) is 4.79 Å². The number of carboxylic acid groups (broad SMARTS) is 1. The Balaban J connectivity index is 2.33. The first-order chi connectivity index (χ1) is 7.16. The maximum Gasteiger partial charge on any atom is 0.308 e. The number of nitrogens with one attached hydrogen (secondary N) is 1. The highest BCUT2D eigenvalue weighted by molar-refractivity contribution is 7.15. The second kappa shape index (κ2) is 3.82. The van der Waals surface area contributed by atoms with E-state index in [4.69, 9.17) is 5.11 Å². The van der Waals surface area contributed by atoms with Crippen molar-refractivity contribution in [1.29, 1.82) is 0 Å². The van der Waals surface area contributed by atoms with Crippen LogP contribution >= 0.6 is 11.3 Å². The number of H-pyrrole nitrogens is 1. The summed E-state index contributed by atoms with van der Waals surface area (Å²) in [6, 6.07) is 0. The summed E-state index contributed by atoms with van der Waals surface area (Å²) in [6.07, 6.45) is 3.37. The minimum Gasteiger partial charge on any atom is -0.481 e. The van der Waals surface area contributed by atoms with Crippen molar-refractivity contribution in [2.75, 3.05) is 0 Å². The summed E-state index contributed by atoms with van der Waals surface area (Å²) in [5.74, 6) is -0.160. The molecule has 0 aliphatic rings. The van der Waals surface area contributed by atoms with E-state index in [2.05, 4.69) is 15.0 Å². The molecule has 2 aromatic heterocycles. The molecule has 2 N–H and O–H groups in total. The van der Waals surface area contributed by atoms with E-state index in [9.17, 15) is 4.79 Å². The Morgan fingerprint density at radius 2 is 2.47 bits per heavy atom. The maximum absolute atomic E-state index is 10.6. The molecule has 0 atom stereocenters. The Hall–Kier alpha value is -1.69. The Morgan fingerprint density at radius 3 is 3.07 bits per heavy atom. The van der Waals surface area contributed by atoms with Crippen molar-refractivity contribution in [3.63, 3.8) is 0 Å². The number of aryl methyl sites for hydroxylation is 1. The first-order valence-electron chi connectivity index (χ1n) is 4.34. The number of hydrogen-bond donors (Lipinski definition) is 2. The van der Waals surface area contributed by atoms with Crippen molar-refractivity contribution >= 4 is 17.3 Å². The molecular formula is C9H9N3O2S. The van der Waals surface area contributed by atoms with E-state index in [1.54, 1.807) is 19.3 Å². The van der Waals surface area contributed by atoms with Gasteiger partial charge in [0.15, 0.2) is 10.8 Å². The summed E-state index contributed by atoms with van der Waals surface area (Å²) in [5.41, 5.74) is 0.758. The predicted molar refractivity (Wildman–Crippen MR) is 55.8 cm³/mol. The number of nitrogens with zero attached hydrogens (tertiary/aromatic N) is 2. The number of imidazole rings is 1. The van der Waals surface area contributed by atoms with E-state index in [1.165, 1.54) is 11.3 Å². The lowest BCUT2D eigenvalue weighted by Gasteiger charge is -1.89. The van der Waals surface area contributed by atoms with Crippen LogP contribution in [0.15, 0.2) is 12.4 Å². The van der Waals surface area contributed by atoms with Crippen molar-refractivity contribution in [2.24, 2.45) is 0 Å². The number of rotatable bonds is 3. The number of aromatic amines is 1. The number of carboxylic acids is 1. The van der Waals surface area contributed by atoms with Crippen molar-refractivity contribution in [2.45, 2.75) is 13.3 Å². The molecule has 5 nitrogen and oxygen atoms in total. The number of thiazole rings is 1. The van der Waals surface area contributed by atoms with E-state index >= 15 is 0 Å². The first kappa shape index (κ1) is 9.85. The monoisotopic (exact) mass is 223 g/mol. The van der Waals surface area contributed by atoms with Crippen LogP contribution in [0.2, 0.25) is 0 Å². The fourth-order valence-corrected chi connectivity index (χ4v) is 2.23. The lowest BCUT2D eigenvalue weighted by Crippen LogP contribution is -1.99. The van der Waals surface area contributed by atoms with Crippen LogP contribution in [0.5, 0.6) is 0 Å². The molecule has 0 unspecified atom stereocenters. The van der Waals surface area contributed by atoms with Crippen LogP contribution in [-0.4, -0.2) is 26.0 Å². The fraction of sp³-hybridized carbons (Fsp3) is 0.222. The molecule has 0 fully saturated rings. The predicted octanol–water partition coefficient (Wildman–Crippen LogP) is 1.47. The zero-order valence-corrected chi connectivity index (χ0v) is 8.84. The zero-order valence-electron chi connectivity index (χ0n) is 8.02. The van der Waals surface area contributed by atoms with Crippen LogP contribution in [0.1, 0.15) is 10.6 Å². The Bertz CT molecular complexity index is 476. The van der Waals surface area contributed by atoms with Gasteiger partial charge >= 0.3 is 5.97 Å². The Morgan fingerprint density at radius 1 is 1.67 bits per heavy atom. The van der Waals surface area contributed by atoms with Crippen molar-refractivity contribution in [3.05, 3.63) is 23.0 Å². The van der Waals surface area contributed by atoms with Gasteiger partial charge in [-0.15, -0.1) is 11.3 Å². The summed E-state index contributed by atoms with van der Waals surface area (Å²) < 4.78 is 0. The minimum absolute atomic E-state index is 0.0181. The summed E-state index contributed by atoms with van der Waals surface area (Å²) in [6.45, 7) is 1.81. The molecular weight excluding hydrogens is 214 g/mol. The normalized spacial score (nSPS) is 10.5. The van der Waals surface area contributed by atoms with Crippen molar-refractivity contribution in [1.82, 2.24) is 15.0 Å². The molecule has 2 aromatic rings. The van der Waals surface area contributed by atoms with Crippen LogP contribution < -0.4 is 0 Å². The molecule has 0 amide bonds. The topological polar surface area (TPSA) is 78.9 Å². The van der Waals surface area contributed by atoms with Crippen molar-refractivity contribution in [3.8, 4) is 10.8 Å². The second-order valence-corrected chi connectivity index (χ2v) is 4.12. The Kier molecular flexibility index (Phi) is 2.51. The molecule has 0 aromatic carbocycles. The molecule has 0 aliphatic heterocycles. The average molecular weight is 223 g/mol. The van der Waals surface area contributed by atoms with Gasteiger partial charge in [0.05, 0.1) is 12.1 Å². The van der Waals surface area contributed by atoms with Gasteiger partial charge in [-0.2, -0.15) is 0 Å². The SMILES string of the molecule is Cc1nc(-c2ncc[nH]2)sc1CC(=O)O. The molecule has 0 spiro atoms. The standard InChI is InChI=1S/C9H9N3O2S/c1-5-6(4-7(13)14)15-9(12-5)8-10-2-3-11-8/h2-3H,4H2,1H3,(H,10,11)(H,13,14). The molecule has 2 rings (SSSR count). The zero-order chi connectivity index (χ0) is 10.8. The van der Waals surface area contributed by atoms with Gasteiger partial charge in [-0.25, -0.2) is 9.97 Å². The van der Waals surface area contributed by atoms with E-state index < -0.39 is 5.97 Å². The molecule has 78 valence electrons. The largest absolute Gasteiger partial charge is 0.481 e. The first-order valence-corrected chi connectivity index (χ1v) is 5.16. The quantitative estimate of drug-likeness (QED) is 0.825. The third-order valence-corrected chi connectivity index (χ3v) is 3.07. The lowest BCUT2D eigenvalue weighted by molar-refractivity contribution is -0.136. The van der Waals surface area contributed by atoms with Crippen LogP contribution in [0.4, 0.5) is 0 Å². The van der Waals surface area contributed by atoms with Gasteiger partial charge in [-0.05, 0) is 6.92 Å². The van der Waals surface area contributed by atoms with Gasteiger partial charge in [0, 0.05) is 17.3 Å². The fourth-order valence-electron chi connectivity index (χ4n) is 1.21. The van der Waals surface area contributed by atoms with Crippen LogP contribution in [-0.2, 0) is 11.2 Å².